The first-order chi connectivity index (χ1) is 14.3. The number of nitrogens with one attached hydrogen (secondary N) is 1. The summed E-state index contributed by atoms with van der Waals surface area (Å²) < 4.78 is 29.3. The summed E-state index contributed by atoms with van der Waals surface area (Å²) in [7, 11) is -3.82. The van der Waals surface area contributed by atoms with Crippen LogP contribution in [0.15, 0.2) is 51.8 Å². The molecule has 1 aliphatic carbocycles. The average molecular weight is 491 g/mol. The molecule has 0 bridgehead atoms. The zero-order valence-corrected chi connectivity index (χ0v) is 19.0. The van der Waals surface area contributed by atoms with Crippen LogP contribution in [-0.4, -0.2) is 25.1 Å². The molecular formula is C22H23BrN2O4S. The zero-order chi connectivity index (χ0) is 21.5. The highest BCUT2D eigenvalue weighted by molar-refractivity contribution is 9.10. The topological polar surface area (TPSA) is 83.6 Å². The van der Waals surface area contributed by atoms with Crippen molar-refractivity contribution >= 4 is 43.5 Å². The molecule has 1 saturated heterocycles. The number of carbonyl (C=O) groups excluding carboxylic acids is 2. The van der Waals surface area contributed by atoms with E-state index in [2.05, 4.69) is 20.7 Å². The quantitative estimate of drug-likeness (QED) is 0.635. The monoisotopic (exact) mass is 490 g/mol. The van der Waals surface area contributed by atoms with Crippen LogP contribution in [0.2, 0.25) is 0 Å². The normalized spacial score (nSPS) is 21.6. The molecule has 2 amide bonds. The van der Waals surface area contributed by atoms with Crippen LogP contribution in [0.25, 0.3) is 0 Å². The number of anilines is 1. The third-order valence-corrected chi connectivity index (χ3v) is 7.91. The maximum absolute atomic E-state index is 13.0. The van der Waals surface area contributed by atoms with E-state index in [0.29, 0.717) is 16.8 Å². The van der Waals surface area contributed by atoms with Crippen LogP contribution in [0, 0.1) is 18.8 Å². The van der Waals surface area contributed by atoms with E-state index < -0.39 is 10.0 Å². The van der Waals surface area contributed by atoms with E-state index >= 15 is 0 Å². The van der Waals surface area contributed by atoms with Crippen molar-refractivity contribution in [3.63, 3.8) is 0 Å². The summed E-state index contributed by atoms with van der Waals surface area (Å²) in [6.07, 6.45) is 3.47. The number of hydrogen-bond acceptors (Lipinski definition) is 4. The standard InChI is InChI=1S/C22H23BrN2O4S/c1-14-9-10-15(13-25-21(26)18-7-2-3-8-19(18)22(25)27)11-20(14)30(28,29)24-17-6-4-5-16(23)12-17/h4-6,9-12,18-19,24H,2-3,7-8,13H2,1H3. The van der Waals surface area contributed by atoms with E-state index in [9.17, 15) is 18.0 Å². The molecule has 1 N–H and O–H groups in total. The maximum atomic E-state index is 13.0. The Kier molecular flexibility index (Phi) is 5.72. The summed E-state index contributed by atoms with van der Waals surface area (Å²) in [6, 6.07) is 11.9. The second-order valence-corrected chi connectivity index (χ2v) is 10.5. The van der Waals surface area contributed by atoms with E-state index in [4.69, 9.17) is 0 Å². The minimum Gasteiger partial charge on any atom is -0.280 e. The van der Waals surface area contributed by atoms with Gasteiger partial charge in [-0.25, -0.2) is 8.42 Å². The van der Waals surface area contributed by atoms with Crippen LogP contribution < -0.4 is 4.72 Å². The lowest BCUT2D eigenvalue weighted by Crippen LogP contribution is -2.30. The van der Waals surface area contributed by atoms with Crippen LogP contribution in [-0.2, 0) is 26.2 Å². The molecule has 6 nitrogen and oxygen atoms in total. The maximum Gasteiger partial charge on any atom is 0.262 e. The van der Waals surface area contributed by atoms with E-state index in [1.165, 1.54) is 4.90 Å². The Morgan fingerprint density at radius 2 is 1.70 bits per heavy atom. The van der Waals surface area contributed by atoms with Crippen molar-refractivity contribution in [2.75, 3.05) is 4.72 Å². The molecule has 2 fully saturated rings. The van der Waals surface area contributed by atoms with Crippen LogP contribution >= 0.6 is 15.9 Å². The van der Waals surface area contributed by atoms with Gasteiger partial charge < -0.3 is 0 Å². The molecule has 8 heteroatoms. The number of amides is 2. The molecule has 4 rings (SSSR count). The Bertz CT molecular complexity index is 1090. The van der Waals surface area contributed by atoms with Gasteiger partial charge in [0, 0.05) is 10.2 Å². The second kappa shape index (κ2) is 8.15. The Morgan fingerprint density at radius 3 is 2.33 bits per heavy atom. The number of rotatable bonds is 5. The van der Waals surface area contributed by atoms with Gasteiger partial charge in [-0.3, -0.25) is 19.2 Å². The van der Waals surface area contributed by atoms with Crippen LogP contribution in [0.4, 0.5) is 5.69 Å². The van der Waals surface area contributed by atoms with Crippen molar-refractivity contribution in [2.24, 2.45) is 11.8 Å². The highest BCUT2D eigenvalue weighted by atomic mass is 79.9. The number of halogens is 1. The van der Waals surface area contributed by atoms with Crippen molar-refractivity contribution in [1.29, 1.82) is 0 Å². The predicted molar refractivity (Wildman–Crippen MR) is 117 cm³/mol. The van der Waals surface area contributed by atoms with E-state index in [-0.39, 0.29) is 35.1 Å². The minimum atomic E-state index is -3.82. The van der Waals surface area contributed by atoms with E-state index in [0.717, 1.165) is 30.2 Å². The first kappa shape index (κ1) is 21.1. The SMILES string of the molecule is Cc1ccc(CN2C(=O)C3CCCCC3C2=O)cc1S(=O)(=O)Nc1cccc(Br)c1. The summed E-state index contributed by atoms with van der Waals surface area (Å²) in [5.74, 6) is -0.667. The molecule has 1 saturated carbocycles. The van der Waals surface area contributed by atoms with E-state index in [1.807, 2.05) is 6.07 Å². The number of fused-ring (bicyclic) bond motifs is 1. The molecule has 0 spiro atoms. The van der Waals surface area contributed by atoms with Gasteiger partial charge in [-0.1, -0.05) is 47.0 Å². The predicted octanol–water partition coefficient (Wildman–Crippen LogP) is 4.23. The fraction of sp³-hybridized carbons (Fsp3) is 0.364. The fourth-order valence-corrected chi connectivity index (χ4v) is 6.11. The number of imide groups is 1. The molecular weight excluding hydrogens is 468 g/mol. The second-order valence-electron chi connectivity index (χ2n) is 7.98. The molecule has 1 heterocycles. The fourth-order valence-electron chi connectivity index (χ4n) is 4.36. The van der Waals surface area contributed by atoms with Gasteiger partial charge in [0.15, 0.2) is 0 Å². The number of hydrogen-bond donors (Lipinski definition) is 1. The number of sulfonamides is 1. The first-order valence-corrected chi connectivity index (χ1v) is 12.3. The lowest BCUT2D eigenvalue weighted by atomic mass is 9.81. The Labute approximate surface area is 184 Å². The van der Waals surface area contributed by atoms with Crippen LogP contribution in [0.1, 0.15) is 36.8 Å². The van der Waals surface area contributed by atoms with Crippen LogP contribution in [0.3, 0.4) is 0 Å². The third kappa shape index (κ3) is 4.03. The molecule has 2 aromatic carbocycles. The van der Waals surface area contributed by atoms with Crippen molar-refractivity contribution in [1.82, 2.24) is 4.90 Å². The minimum absolute atomic E-state index is 0.102. The van der Waals surface area contributed by atoms with Crippen molar-refractivity contribution in [3.8, 4) is 0 Å². The summed E-state index contributed by atoms with van der Waals surface area (Å²) in [5.41, 5.74) is 1.66. The third-order valence-electron chi connectivity index (χ3n) is 5.89. The van der Waals surface area contributed by atoms with Gasteiger partial charge in [0.25, 0.3) is 10.0 Å². The molecule has 30 heavy (non-hydrogen) atoms. The summed E-state index contributed by atoms with van der Waals surface area (Å²) in [5, 5.41) is 0. The average Bonchev–Trinajstić information content (AvgIpc) is 2.94. The Hall–Kier alpha value is -2.19. The molecule has 2 atom stereocenters. The molecule has 2 unspecified atom stereocenters. The number of aryl methyl sites for hydroxylation is 1. The number of carbonyl (C=O) groups is 2. The van der Waals surface area contributed by atoms with Gasteiger partial charge in [-0.2, -0.15) is 0 Å². The number of benzene rings is 2. The van der Waals surface area contributed by atoms with Gasteiger partial charge in [-0.15, -0.1) is 0 Å². The Morgan fingerprint density at radius 1 is 1.03 bits per heavy atom. The summed E-state index contributed by atoms with van der Waals surface area (Å²) in [6.45, 7) is 1.82. The number of likely N-dealkylation sites (tertiary alicyclic amines) is 1. The molecule has 2 aromatic rings. The smallest absolute Gasteiger partial charge is 0.262 e. The van der Waals surface area contributed by atoms with Gasteiger partial charge in [0.2, 0.25) is 11.8 Å². The molecule has 0 radical (unpaired) electrons. The van der Waals surface area contributed by atoms with Gasteiger partial charge in [0.05, 0.1) is 23.3 Å². The molecule has 1 aliphatic heterocycles. The van der Waals surface area contributed by atoms with Gasteiger partial charge >= 0.3 is 0 Å². The van der Waals surface area contributed by atoms with Crippen molar-refractivity contribution in [2.45, 2.75) is 44.0 Å². The largest absolute Gasteiger partial charge is 0.280 e. The summed E-state index contributed by atoms with van der Waals surface area (Å²) in [4.78, 5) is 26.9. The highest BCUT2D eigenvalue weighted by Crippen LogP contribution is 2.38. The molecule has 0 aromatic heterocycles. The summed E-state index contributed by atoms with van der Waals surface area (Å²) >= 11 is 3.33. The highest BCUT2D eigenvalue weighted by Gasteiger charge is 2.47. The first-order valence-electron chi connectivity index (χ1n) is 9.99. The lowest BCUT2D eigenvalue weighted by Gasteiger charge is -2.19. The zero-order valence-electron chi connectivity index (χ0n) is 16.6. The molecule has 2 aliphatic rings. The van der Waals surface area contributed by atoms with Crippen LogP contribution in [0.5, 0.6) is 0 Å². The Balaban J connectivity index is 1.59. The number of nitrogens with zero attached hydrogens (tertiary/aromatic N) is 1. The van der Waals surface area contributed by atoms with Gasteiger partial charge in [0.1, 0.15) is 0 Å². The lowest BCUT2D eigenvalue weighted by molar-refractivity contribution is -0.140. The van der Waals surface area contributed by atoms with Crippen molar-refractivity contribution < 1.29 is 18.0 Å². The molecule has 158 valence electrons. The van der Waals surface area contributed by atoms with E-state index in [1.54, 1.807) is 43.3 Å². The van der Waals surface area contributed by atoms with Gasteiger partial charge in [-0.05, 0) is 55.2 Å². The van der Waals surface area contributed by atoms with Crippen molar-refractivity contribution in [3.05, 3.63) is 58.1 Å².